The van der Waals surface area contributed by atoms with Crippen molar-refractivity contribution in [2.24, 2.45) is 5.41 Å². The highest BCUT2D eigenvalue weighted by molar-refractivity contribution is 9.09. The van der Waals surface area contributed by atoms with E-state index in [9.17, 15) is 8.42 Å². The minimum absolute atomic E-state index is 0.0705. The van der Waals surface area contributed by atoms with Crippen molar-refractivity contribution in [1.82, 2.24) is 4.72 Å². The molecule has 0 spiro atoms. The summed E-state index contributed by atoms with van der Waals surface area (Å²) in [5, 5.41) is 0. The fourth-order valence-electron chi connectivity index (χ4n) is 2.06. The molecule has 1 N–H and O–H groups in total. The minimum atomic E-state index is -3.15. The molecule has 16 heavy (non-hydrogen) atoms. The van der Waals surface area contributed by atoms with Crippen LogP contribution in [0.15, 0.2) is 0 Å². The van der Waals surface area contributed by atoms with E-state index in [2.05, 4.69) is 20.7 Å². The van der Waals surface area contributed by atoms with E-state index >= 15 is 0 Å². The lowest BCUT2D eigenvalue weighted by molar-refractivity contribution is 0.416. The number of hydrogen-bond acceptors (Lipinski definition) is 2. The van der Waals surface area contributed by atoms with E-state index in [1.54, 1.807) is 0 Å². The molecule has 1 aliphatic carbocycles. The number of halogens is 1. The van der Waals surface area contributed by atoms with Crippen molar-refractivity contribution in [2.75, 3.05) is 5.75 Å². The minimum Gasteiger partial charge on any atom is -0.212 e. The third-order valence-electron chi connectivity index (χ3n) is 2.64. The predicted molar refractivity (Wildman–Crippen MR) is 71.3 cm³/mol. The third-order valence-corrected chi connectivity index (χ3v) is 5.64. The first-order valence-electron chi connectivity index (χ1n) is 5.84. The molecular formula is C11H22BrNO2S. The van der Waals surface area contributed by atoms with Crippen LogP contribution in [0.25, 0.3) is 0 Å². The Morgan fingerprint density at radius 3 is 2.31 bits per heavy atom. The van der Waals surface area contributed by atoms with Crippen LogP contribution in [0, 0.1) is 5.41 Å². The van der Waals surface area contributed by atoms with Crippen LogP contribution in [0.5, 0.6) is 0 Å². The molecule has 0 saturated heterocycles. The molecule has 1 fully saturated rings. The van der Waals surface area contributed by atoms with Gasteiger partial charge < -0.3 is 0 Å². The van der Waals surface area contributed by atoms with Gasteiger partial charge in [0.05, 0.1) is 5.75 Å². The van der Waals surface area contributed by atoms with Crippen molar-refractivity contribution in [1.29, 1.82) is 0 Å². The summed E-state index contributed by atoms with van der Waals surface area (Å²) < 4.78 is 26.7. The maximum Gasteiger partial charge on any atom is 0.212 e. The maximum absolute atomic E-state index is 11.9. The van der Waals surface area contributed by atoms with Gasteiger partial charge in [0, 0.05) is 10.9 Å². The van der Waals surface area contributed by atoms with Crippen LogP contribution >= 0.6 is 15.9 Å². The van der Waals surface area contributed by atoms with Crippen molar-refractivity contribution >= 4 is 26.0 Å². The van der Waals surface area contributed by atoms with Crippen LogP contribution in [-0.2, 0) is 10.0 Å². The molecule has 96 valence electrons. The quantitative estimate of drug-likeness (QED) is 0.814. The lowest BCUT2D eigenvalue weighted by Gasteiger charge is -2.29. The second kappa shape index (κ2) is 5.36. The first-order valence-corrected chi connectivity index (χ1v) is 8.40. The summed E-state index contributed by atoms with van der Waals surface area (Å²) in [6, 6.07) is 0.0705. The van der Waals surface area contributed by atoms with E-state index in [1.807, 2.05) is 20.8 Å². The average molecular weight is 312 g/mol. The Morgan fingerprint density at radius 2 is 1.81 bits per heavy atom. The fourth-order valence-corrected chi connectivity index (χ4v) is 4.92. The summed E-state index contributed by atoms with van der Waals surface area (Å²) in [6.07, 6.45) is 4.31. The van der Waals surface area contributed by atoms with Gasteiger partial charge in [0.1, 0.15) is 0 Å². The zero-order valence-corrected chi connectivity index (χ0v) is 12.7. The first-order chi connectivity index (χ1) is 7.20. The van der Waals surface area contributed by atoms with E-state index in [1.165, 1.54) is 6.42 Å². The molecule has 2 atom stereocenters. The van der Waals surface area contributed by atoms with Crippen LogP contribution < -0.4 is 4.72 Å². The molecule has 2 unspecified atom stereocenters. The molecule has 0 radical (unpaired) electrons. The summed E-state index contributed by atoms with van der Waals surface area (Å²) in [5.74, 6) is 0.191. The Kier molecular flexibility index (Phi) is 4.84. The van der Waals surface area contributed by atoms with Crippen molar-refractivity contribution in [3.63, 3.8) is 0 Å². The van der Waals surface area contributed by atoms with E-state index in [4.69, 9.17) is 0 Å². The molecule has 1 aliphatic rings. The number of rotatable bonds is 3. The molecule has 0 aromatic heterocycles. The van der Waals surface area contributed by atoms with Gasteiger partial charge in [-0.3, -0.25) is 0 Å². The van der Waals surface area contributed by atoms with Crippen molar-refractivity contribution < 1.29 is 8.42 Å². The van der Waals surface area contributed by atoms with E-state index in [-0.39, 0.29) is 22.0 Å². The van der Waals surface area contributed by atoms with Gasteiger partial charge in [-0.25, -0.2) is 13.1 Å². The molecule has 0 heterocycles. The highest BCUT2D eigenvalue weighted by Crippen LogP contribution is 2.25. The summed E-state index contributed by atoms with van der Waals surface area (Å²) in [7, 11) is -3.15. The zero-order chi connectivity index (χ0) is 12.4. The standard InChI is InChI=1S/C11H22BrNO2S/c1-11(2,3)8-16(14,15)13-10-7-5-4-6-9(10)12/h9-10,13H,4-8H2,1-3H3. The molecular weight excluding hydrogens is 290 g/mol. The highest BCUT2D eigenvalue weighted by Gasteiger charge is 2.29. The van der Waals surface area contributed by atoms with Crippen LogP contribution in [0.4, 0.5) is 0 Å². The number of sulfonamides is 1. The summed E-state index contributed by atoms with van der Waals surface area (Å²) in [6.45, 7) is 5.83. The Labute approximate surface area is 108 Å². The third kappa shape index (κ3) is 5.15. The van der Waals surface area contributed by atoms with Gasteiger partial charge >= 0.3 is 0 Å². The Balaban J connectivity index is 2.58. The fraction of sp³-hybridized carbons (Fsp3) is 1.00. The predicted octanol–water partition coefficient (Wildman–Crippen LogP) is 2.66. The van der Waals surface area contributed by atoms with Crippen LogP contribution in [0.3, 0.4) is 0 Å². The lowest BCUT2D eigenvalue weighted by Crippen LogP contribution is -2.45. The van der Waals surface area contributed by atoms with Gasteiger partial charge in [0.15, 0.2) is 0 Å². The van der Waals surface area contributed by atoms with E-state index < -0.39 is 10.0 Å². The van der Waals surface area contributed by atoms with Gasteiger partial charge in [-0.15, -0.1) is 0 Å². The first kappa shape index (κ1) is 14.5. The van der Waals surface area contributed by atoms with E-state index in [0.717, 1.165) is 19.3 Å². The molecule has 1 rings (SSSR count). The summed E-state index contributed by atoms with van der Waals surface area (Å²) >= 11 is 3.56. The molecule has 0 aromatic carbocycles. The molecule has 0 amide bonds. The Hall–Kier alpha value is 0.390. The maximum atomic E-state index is 11.9. The van der Waals surface area contributed by atoms with Crippen molar-refractivity contribution in [3.8, 4) is 0 Å². The summed E-state index contributed by atoms with van der Waals surface area (Å²) in [5.41, 5.74) is -0.192. The van der Waals surface area contributed by atoms with Gasteiger partial charge in [-0.1, -0.05) is 49.5 Å². The zero-order valence-electron chi connectivity index (χ0n) is 10.3. The Bertz CT molecular complexity index is 321. The molecule has 0 aliphatic heterocycles. The van der Waals surface area contributed by atoms with Gasteiger partial charge in [-0.2, -0.15) is 0 Å². The molecule has 0 bridgehead atoms. The monoisotopic (exact) mass is 311 g/mol. The number of nitrogens with one attached hydrogen (secondary N) is 1. The topological polar surface area (TPSA) is 46.2 Å². The normalized spacial score (nSPS) is 28.0. The van der Waals surface area contributed by atoms with E-state index in [0.29, 0.717) is 0 Å². The second-order valence-corrected chi connectivity index (χ2v) is 8.77. The van der Waals surface area contributed by atoms with Crippen LogP contribution in [0.2, 0.25) is 0 Å². The highest BCUT2D eigenvalue weighted by atomic mass is 79.9. The summed E-state index contributed by atoms with van der Waals surface area (Å²) in [4.78, 5) is 0.288. The smallest absolute Gasteiger partial charge is 0.212 e. The van der Waals surface area contributed by atoms with Crippen LogP contribution in [0.1, 0.15) is 46.5 Å². The largest absolute Gasteiger partial charge is 0.212 e. The van der Waals surface area contributed by atoms with Gasteiger partial charge in [0.2, 0.25) is 10.0 Å². The Morgan fingerprint density at radius 1 is 1.25 bits per heavy atom. The molecule has 0 aromatic rings. The molecule has 3 nitrogen and oxygen atoms in total. The second-order valence-electron chi connectivity index (χ2n) is 5.84. The SMILES string of the molecule is CC(C)(C)CS(=O)(=O)NC1CCCCC1Br. The molecule has 5 heteroatoms. The van der Waals surface area contributed by atoms with Crippen molar-refractivity contribution in [3.05, 3.63) is 0 Å². The van der Waals surface area contributed by atoms with Gasteiger partial charge in [-0.05, 0) is 18.3 Å². The average Bonchev–Trinajstić information content (AvgIpc) is 2.04. The van der Waals surface area contributed by atoms with Crippen molar-refractivity contribution in [2.45, 2.75) is 57.3 Å². The van der Waals surface area contributed by atoms with Gasteiger partial charge in [0.25, 0.3) is 0 Å². The number of alkyl halides is 1. The molecule has 1 saturated carbocycles. The number of hydrogen-bond donors (Lipinski definition) is 1. The van der Waals surface area contributed by atoms with Crippen LogP contribution in [-0.4, -0.2) is 25.0 Å². The lowest BCUT2D eigenvalue weighted by atomic mass is 9.96.